The van der Waals surface area contributed by atoms with E-state index in [9.17, 15) is 4.79 Å². The topological polar surface area (TPSA) is 28.5 Å². The van der Waals surface area contributed by atoms with Crippen molar-refractivity contribution in [1.82, 2.24) is 14.4 Å². The lowest BCUT2D eigenvalue weighted by Gasteiger charge is -2.47. The Morgan fingerprint density at radius 1 is 0.852 bits per heavy atom. The van der Waals surface area contributed by atoms with E-state index in [0.717, 1.165) is 43.9 Å². The Morgan fingerprint density at radius 2 is 1.56 bits per heavy atom. The Bertz CT molecular complexity index is 940. The molecular formula is C23H23N3O. The number of aromatic nitrogens is 1. The van der Waals surface area contributed by atoms with Gasteiger partial charge in [-0.2, -0.15) is 0 Å². The fourth-order valence-corrected chi connectivity index (χ4v) is 4.15. The van der Waals surface area contributed by atoms with Gasteiger partial charge >= 0.3 is 0 Å². The van der Waals surface area contributed by atoms with Gasteiger partial charge in [-0.15, -0.1) is 0 Å². The zero-order valence-electron chi connectivity index (χ0n) is 15.3. The second-order valence-corrected chi connectivity index (χ2v) is 7.49. The third kappa shape index (κ3) is 3.06. The molecule has 1 aromatic heterocycles. The molecule has 0 unspecified atom stereocenters. The minimum Gasteiger partial charge on any atom is -0.335 e. The Kier molecular flexibility index (Phi) is 4.06. The third-order valence-corrected chi connectivity index (χ3v) is 5.84. The highest BCUT2D eigenvalue weighted by Gasteiger charge is 2.36. The van der Waals surface area contributed by atoms with Gasteiger partial charge < -0.3 is 9.47 Å². The van der Waals surface area contributed by atoms with Crippen LogP contribution in [-0.2, 0) is 13.0 Å². The number of hydrogen-bond donors (Lipinski definition) is 0. The van der Waals surface area contributed by atoms with Gasteiger partial charge in [0.1, 0.15) is 0 Å². The van der Waals surface area contributed by atoms with Gasteiger partial charge in [-0.1, -0.05) is 24.3 Å². The van der Waals surface area contributed by atoms with E-state index in [1.165, 1.54) is 11.1 Å². The number of carbonyl (C=O) groups is 1. The maximum absolute atomic E-state index is 12.8. The highest BCUT2D eigenvalue weighted by Crippen LogP contribution is 2.25. The van der Waals surface area contributed by atoms with Crippen molar-refractivity contribution in [1.29, 1.82) is 0 Å². The summed E-state index contributed by atoms with van der Waals surface area (Å²) in [6.45, 7) is 3.77. The quantitative estimate of drug-likeness (QED) is 0.719. The van der Waals surface area contributed by atoms with Crippen LogP contribution in [0.1, 0.15) is 21.5 Å². The fraction of sp³-hybridized carbons (Fsp3) is 0.261. The summed E-state index contributed by atoms with van der Waals surface area (Å²) < 4.78 is 2.04. The van der Waals surface area contributed by atoms with E-state index in [-0.39, 0.29) is 5.91 Å². The molecule has 0 atom stereocenters. The molecular weight excluding hydrogens is 334 g/mol. The minimum atomic E-state index is 0.141. The van der Waals surface area contributed by atoms with Crippen LogP contribution in [0.2, 0.25) is 0 Å². The maximum atomic E-state index is 12.8. The van der Waals surface area contributed by atoms with E-state index in [4.69, 9.17) is 0 Å². The second-order valence-electron chi connectivity index (χ2n) is 7.49. The van der Waals surface area contributed by atoms with Crippen LogP contribution in [0.3, 0.4) is 0 Å². The molecule has 2 aliphatic heterocycles. The van der Waals surface area contributed by atoms with Crippen molar-refractivity contribution in [2.24, 2.45) is 0 Å². The summed E-state index contributed by atoms with van der Waals surface area (Å²) in [7, 11) is 0. The molecule has 0 spiro atoms. The lowest BCUT2D eigenvalue weighted by molar-refractivity contribution is 0.0218. The molecule has 136 valence electrons. The number of nitrogens with zero attached hydrogens (tertiary/aromatic N) is 3. The molecule has 0 aliphatic carbocycles. The first-order valence-electron chi connectivity index (χ1n) is 9.61. The lowest BCUT2D eigenvalue weighted by Crippen LogP contribution is -2.61. The molecule has 1 fully saturated rings. The number of amides is 1. The smallest absolute Gasteiger partial charge is 0.253 e. The molecule has 3 heterocycles. The second kappa shape index (κ2) is 6.71. The van der Waals surface area contributed by atoms with E-state index in [2.05, 4.69) is 29.2 Å². The van der Waals surface area contributed by atoms with E-state index in [1.807, 2.05) is 58.3 Å². The first-order chi connectivity index (χ1) is 13.3. The molecule has 0 N–H and O–H groups in total. The predicted octanol–water partition coefficient (Wildman–Crippen LogP) is 3.36. The summed E-state index contributed by atoms with van der Waals surface area (Å²) >= 11 is 0. The molecule has 2 aliphatic rings. The van der Waals surface area contributed by atoms with E-state index < -0.39 is 0 Å². The van der Waals surface area contributed by atoms with Crippen molar-refractivity contribution in [2.45, 2.75) is 19.0 Å². The number of benzene rings is 2. The summed E-state index contributed by atoms with van der Waals surface area (Å²) in [6.07, 6.45) is 5.13. The Morgan fingerprint density at radius 3 is 2.30 bits per heavy atom. The minimum absolute atomic E-state index is 0.141. The standard InChI is InChI=1S/C23H23N3O/c27-23(19-7-9-21(10-8-19)24-12-3-4-13-24)26-16-22(17-26)25-14-11-18-5-1-2-6-20(18)15-25/h1-10,12-13,22H,11,14-17H2. The normalized spacial score (nSPS) is 17.4. The van der Waals surface area contributed by atoms with Crippen molar-refractivity contribution in [3.63, 3.8) is 0 Å². The van der Waals surface area contributed by atoms with Crippen molar-refractivity contribution < 1.29 is 4.79 Å². The summed E-state index contributed by atoms with van der Waals surface area (Å²) in [4.78, 5) is 17.2. The van der Waals surface area contributed by atoms with Crippen LogP contribution in [0.15, 0.2) is 73.1 Å². The average Bonchev–Trinajstić information content (AvgIpc) is 3.21. The van der Waals surface area contributed by atoms with E-state index >= 15 is 0 Å². The molecule has 3 aromatic rings. The van der Waals surface area contributed by atoms with Gasteiger partial charge in [-0.3, -0.25) is 9.69 Å². The van der Waals surface area contributed by atoms with Gasteiger partial charge in [0.15, 0.2) is 0 Å². The van der Waals surface area contributed by atoms with Crippen LogP contribution in [-0.4, -0.2) is 46.0 Å². The summed E-state index contributed by atoms with van der Waals surface area (Å²) in [5.74, 6) is 0.141. The van der Waals surface area contributed by atoms with Gasteiger partial charge in [0.2, 0.25) is 0 Å². The summed E-state index contributed by atoms with van der Waals surface area (Å²) in [6, 6.07) is 21.1. The predicted molar refractivity (Wildman–Crippen MR) is 106 cm³/mol. The maximum Gasteiger partial charge on any atom is 0.253 e. The summed E-state index contributed by atoms with van der Waals surface area (Å²) in [5.41, 5.74) is 4.76. The largest absolute Gasteiger partial charge is 0.335 e. The molecule has 4 nitrogen and oxygen atoms in total. The molecule has 5 rings (SSSR count). The van der Waals surface area contributed by atoms with Gasteiger partial charge in [0.25, 0.3) is 5.91 Å². The van der Waals surface area contributed by atoms with Crippen molar-refractivity contribution in [3.8, 4) is 5.69 Å². The number of fused-ring (bicyclic) bond motifs is 1. The molecule has 4 heteroatoms. The van der Waals surface area contributed by atoms with Gasteiger partial charge in [-0.25, -0.2) is 0 Å². The molecule has 1 saturated heterocycles. The first-order valence-corrected chi connectivity index (χ1v) is 9.61. The van der Waals surface area contributed by atoms with E-state index in [0.29, 0.717) is 6.04 Å². The third-order valence-electron chi connectivity index (χ3n) is 5.84. The van der Waals surface area contributed by atoms with Crippen LogP contribution < -0.4 is 0 Å². The van der Waals surface area contributed by atoms with Crippen LogP contribution >= 0.6 is 0 Å². The van der Waals surface area contributed by atoms with Crippen molar-refractivity contribution in [2.75, 3.05) is 19.6 Å². The number of rotatable bonds is 3. The number of likely N-dealkylation sites (tertiary alicyclic amines) is 1. The molecule has 0 saturated carbocycles. The monoisotopic (exact) mass is 357 g/mol. The highest BCUT2D eigenvalue weighted by molar-refractivity contribution is 5.95. The lowest BCUT2D eigenvalue weighted by atomic mass is 9.96. The Balaban J connectivity index is 1.20. The SMILES string of the molecule is O=C(c1ccc(-n2cccc2)cc1)N1CC(N2CCc3ccccc3C2)C1. The Labute approximate surface area is 159 Å². The Hall–Kier alpha value is -2.85. The van der Waals surface area contributed by atoms with Crippen LogP contribution in [0.5, 0.6) is 0 Å². The fourth-order valence-electron chi connectivity index (χ4n) is 4.15. The zero-order chi connectivity index (χ0) is 18.2. The number of carbonyl (C=O) groups excluding carboxylic acids is 1. The molecule has 27 heavy (non-hydrogen) atoms. The first kappa shape index (κ1) is 16.3. The highest BCUT2D eigenvalue weighted by atomic mass is 16.2. The van der Waals surface area contributed by atoms with Crippen LogP contribution in [0.4, 0.5) is 0 Å². The molecule has 0 radical (unpaired) electrons. The molecule has 1 amide bonds. The van der Waals surface area contributed by atoms with Gasteiger partial charge in [-0.05, 0) is 53.9 Å². The molecule has 2 aromatic carbocycles. The van der Waals surface area contributed by atoms with Gasteiger partial charge in [0.05, 0.1) is 0 Å². The zero-order valence-corrected chi connectivity index (χ0v) is 15.3. The molecule has 0 bridgehead atoms. The van der Waals surface area contributed by atoms with Gasteiger partial charge in [0, 0.05) is 55.9 Å². The van der Waals surface area contributed by atoms with Crippen molar-refractivity contribution in [3.05, 3.63) is 89.7 Å². The van der Waals surface area contributed by atoms with Crippen molar-refractivity contribution >= 4 is 5.91 Å². The van der Waals surface area contributed by atoms with Crippen LogP contribution in [0, 0.1) is 0 Å². The van der Waals surface area contributed by atoms with Crippen LogP contribution in [0.25, 0.3) is 5.69 Å². The van der Waals surface area contributed by atoms with E-state index in [1.54, 1.807) is 0 Å². The average molecular weight is 357 g/mol. The number of hydrogen-bond acceptors (Lipinski definition) is 2. The summed E-state index contributed by atoms with van der Waals surface area (Å²) in [5, 5.41) is 0.